The van der Waals surface area contributed by atoms with Crippen LogP contribution in [0.5, 0.6) is 0 Å². The van der Waals surface area contributed by atoms with Crippen LogP contribution >= 0.6 is 0 Å². The molecule has 0 saturated heterocycles. The quantitative estimate of drug-likeness (QED) is 0.656. The van der Waals surface area contributed by atoms with Crippen LogP contribution in [0.2, 0.25) is 0 Å². The predicted octanol–water partition coefficient (Wildman–Crippen LogP) is 5.59. The molecule has 3 aliphatic rings. The van der Waals surface area contributed by atoms with Crippen molar-refractivity contribution in [2.75, 3.05) is 5.32 Å². The maximum absolute atomic E-state index is 4.32. The topological polar surface area (TPSA) is 12.0 Å². The van der Waals surface area contributed by atoms with Gasteiger partial charge in [-0.05, 0) is 47.3 Å². The van der Waals surface area contributed by atoms with E-state index < -0.39 is 0 Å². The van der Waals surface area contributed by atoms with Crippen molar-refractivity contribution in [1.82, 2.24) is 0 Å². The lowest BCUT2D eigenvalue weighted by Crippen LogP contribution is -2.20. The Morgan fingerprint density at radius 2 is 2.00 bits per heavy atom. The summed E-state index contributed by atoms with van der Waals surface area (Å²) in [6, 6.07) is 4.46. The van der Waals surface area contributed by atoms with Gasteiger partial charge in [-0.25, -0.2) is 0 Å². The molecule has 1 N–H and O–H groups in total. The number of allylic oxidation sites excluding steroid dienone is 8. The molecule has 0 aromatic heterocycles. The van der Waals surface area contributed by atoms with Gasteiger partial charge >= 0.3 is 0 Å². The van der Waals surface area contributed by atoms with Crippen LogP contribution in [-0.2, 0) is 5.41 Å². The lowest BCUT2D eigenvalue weighted by Gasteiger charge is -2.29. The van der Waals surface area contributed by atoms with E-state index in [9.17, 15) is 0 Å². The third-order valence-corrected chi connectivity index (χ3v) is 5.11. The highest BCUT2D eigenvalue weighted by Crippen LogP contribution is 2.53. The summed E-state index contributed by atoms with van der Waals surface area (Å²) in [5, 5.41) is 3.42. The van der Waals surface area contributed by atoms with E-state index in [2.05, 4.69) is 56.1 Å². The van der Waals surface area contributed by atoms with E-state index in [-0.39, 0.29) is 5.41 Å². The average Bonchev–Trinajstić information content (AvgIpc) is 2.73. The smallest absolute Gasteiger partial charge is 0.0462 e. The Kier molecular flexibility index (Phi) is 2.80. The number of hydrogen-bond acceptors (Lipinski definition) is 1. The fraction of sp³-hybridized carbons (Fsp3) is 0.238. The molecule has 2 aliphatic carbocycles. The van der Waals surface area contributed by atoms with Crippen LogP contribution in [0.15, 0.2) is 60.9 Å². The van der Waals surface area contributed by atoms with E-state index in [1.165, 1.54) is 22.3 Å². The lowest BCUT2D eigenvalue weighted by atomic mass is 9.75. The monoisotopic (exact) mass is 287 g/mol. The molecule has 1 aromatic rings. The normalized spacial score (nSPS) is 23.8. The third-order valence-electron chi connectivity index (χ3n) is 5.11. The minimum Gasteiger partial charge on any atom is -0.361 e. The molecule has 0 radical (unpaired) electrons. The Bertz CT molecular complexity index is 797. The Balaban J connectivity index is 2.02. The first kappa shape index (κ1) is 13.4. The zero-order valence-electron chi connectivity index (χ0n) is 13.2. The van der Waals surface area contributed by atoms with Gasteiger partial charge in [-0.3, -0.25) is 0 Å². The summed E-state index contributed by atoms with van der Waals surface area (Å²) in [6.45, 7) is 9.04. The fourth-order valence-electron chi connectivity index (χ4n) is 4.10. The highest BCUT2D eigenvalue weighted by molar-refractivity contribution is 5.95. The van der Waals surface area contributed by atoms with E-state index in [0.29, 0.717) is 0 Å². The van der Waals surface area contributed by atoms with E-state index in [4.69, 9.17) is 0 Å². The number of benzene rings is 1. The molecule has 4 rings (SSSR count). The molecule has 110 valence electrons. The van der Waals surface area contributed by atoms with Gasteiger partial charge in [-0.15, -0.1) is 0 Å². The minimum atomic E-state index is 0.0716. The third kappa shape index (κ3) is 1.72. The van der Waals surface area contributed by atoms with Crippen LogP contribution in [0.1, 0.15) is 43.4 Å². The largest absolute Gasteiger partial charge is 0.361 e. The second kappa shape index (κ2) is 4.61. The van der Waals surface area contributed by atoms with E-state index >= 15 is 0 Å². The number of rotatable bonds is 0. The summed E-state index contributed by atoms with van der Waals surface area (Å²) >= 11 is 0. The highest BCUT2D eigenvalue weighted by atomic mass is 14.8. The van der Waals surface area contributed by atoms with Crippen molar-refractivity contribution in [2.45, 2.75) is 32.1 Å². The Hall–Kier alpha value is -2.28. The van der Waals surface area contributed by atoms with Crippen molar-refractivity contribution in [3.05, 3.63) is 77.6 Å². The molecule has 0 saturated carbocycles. The van der Waals surface area contributed by atoms with Crippen molar-refractivity contribution in [2.24, 2.45) is 0 Å². The first-order chi connectivity index (χ1) is 10.6. The van der Waals surface area contributed by atoms with Crippen molar-refractivity contribution < 1.29 is 0 Å². The highest BCUT2D eigenvalue weighted by Gasteiger charge is 2.39. The SMILES string of the molecule is C=C1/C=C\C=C/Nc2ccc3c(c21)C(C)(C)C1=C3C=CCC1. The maximum atomic E-state index is 4.32. The van der Waals surface area contributed by atoms with E-state index in [1.807, 2.05) is 18.4 Å². The van der Waals surface area contributed by atoms with E-state index in [0.717, 1.165) is 24.1 Å². The van der Waals surface area contributed by atoms with Gasteiger partial charge in [0, 0.05) is 22.9 Å². The first-order valence-electron chi connectivity index (χ1n) is 7.98. The van der Waals surface area contributed by atoms with Crippen LogP contribution in [0.3, 0.4) is 0 Å². The predicted molar refractivity (Wildman–Crippen MR) is 95.7 cm³/mol. The number of nitrogens with one attached hydrogen (secondary N) is 1. The zero-order chi connectivity index (χ0) is 15.3. The minimum absolute atomic E-state index is 0.0716. The number of hydrogen-bond donors (Lipinski definition) is 1. The number of anilines is 1. The summed E-state index contributed by atoms with van der Waals surface area (Å²) in [5.74, 6) is 0. The van der Waals surface area contributed by atoms with Crippen molar-refractivity contribution in [3.63, 3.8) is 0 Å². The number of fused-ring (bicyclic) bond motifs is 4. The molecular formula is C21H21N. The Morgan fingerprint density at radius 3 is 2.86 bits per heavy atom. The molecular weight excluding hydrogens is 266 g/mol. The van der Waals surface area contributed by atoms with Gasteiger partial charge in [0.2, 0.25) is 0 Å². The second-order valence-electron chi connectivity index (χ2n) is 6.76. The summed E-state index contributed by atoms with van der Waals surface area (Å²) in [7, 11) is 0. The van der Waals surface area contributed by atoms with E-state index in [1.54, 1.807) is 5.57 Å². The average molecular weight is 287 g/mol. The second-order valence-corrected chi connectivity index (χ2v) is 6.76. The molecule has 1 aromatic carbocycles. The Morgan fingerprint density at radius 1 is 1.14 bits per heavy atom. The van der Waals surface area contributed by atoms with Crippen LogP contribution in [0.25, 0.3) is 11.1 Å². The Labute approximate surface area is 132 Å². The maximum Gasteiger partial charge on any atom is 0.0462 e. The molecule has 1 heterocycles. The molecule has 1 nitrogen and oxygen atoms in total. The van der Waals surface area contributed by atoms with Crippen LogP contribution < -0.4 is 5.32 Å². The first-order valence-corrected chi connectivity index (χ1v) is 7.98. The van der Waals surface area contributed by atoms with Crippen LogP contribution in [0, 0.1) is 0 Å². The summed E-state index contributed by atoms with van der Waals surface area (Å²) < 4.78 is 0. The van der Waals surface area contributed by atoms with Gasteiger partial charge in [-0.2, -0.15) is 0 Å². The molecule has 1 heteroatoms. The summed E-state index contributed by atoms with van der Waals surface area (Å²) in [6.07, 6.45) is 15.1. The molecule has 0 spiro atoms. The molecule has 1 aliphatic heterocycles. The van der Waals surface area contributed by atoms with Gasteiger partial charge in [0.25, 0.3) is 0 Å². The fourth-order valence-corrected chi connectivity index (χ4v) is 4.10. The molecule has 0 amide bonds. The van der Waals surface area contributed by atoms with Gasteiger partial charge < -0.3 is 5.32 Å². The summed E-state index contributed by atoms with van der Waals surface area (Å²) in [4.78, 5) is 0. The molecule has 0 atom stereocenters. The van der Waals surface area contributed by atoms with Crippen molar-refractivity contribution in [1.29, 1.82) is 0 Å². The van der Waals surface area contributed by atoms with Gasteiger partial charge in [0.05, 0.1) is 0 Å². The molecule has 22 heavy (non-hydrogen) atoms. The van der Waals surface area contributed by atoms with Crippen molar-refractivity contribution >= 4 is 16.8 Å². The molecule has 0 bridgehead atoms. The van der Waals surface area contributed by atoms with Crippen LogP contribution in [-0.4, -0.2) is 0 Å². The standard InChI is InChI=1S/C21H21N/c1-14-8-6-7-13-22-18-12-11-16-15-9-4-5-10-17(15)21(2,3)20(16)19(14)18/h4,6-9,11-13,22H,1,5,10H2,2-3H3/b8-6-,13-7-. The molecule has 0 unspecified atom stereocenters. The summed E-state index contributed by atoms with van der Waals surface area (Å²) in [5.41, 5.74) is 9.40. The molecule has 0 fully saturated rings. The van der Waals surface area contributed by atoms with Gasteiger partial charge in [0.1, 0.15) is 0 Å². The van der Waals surface area contributed by atoms with Crippen LogP contribution in [0.4, 0.5) is 5.69 Å². The van der Waals surface area contributed by atoms with Gasteiger partial charge in [-0.1, -0.05) is 56.4 Å². The zero-order valence-corrected chi connectivity index (χ0v) is 13.2. The van der Waals surface area contributed by atoms with Gasteiger partial charge in [0.15, 0.2) is 0 Å². The van der Waals surface area contributed by atoms with Crippen molar-refractivity contribution in [3.8, 4) is 0 Å². The lowest BCUT2D eigenvalue weighted by molar-refractivity contribution is 0.606.